The number of rotatable bonds is 18. The number of hydrogen-bond acceptors (Lipinski definition) is 4. The van der Waals surface area contributed by atoms with Crippen molar-refractivity contribution < 1.29 is 4.39 Å². The average molecular weight is 499 g/mol. The molecule has 0 aliphatic carbocycles. The number of halogens is 1. The normalized spacial score (nSPS) is 14.7. The van der Waals surface area contributed by atoms with Crippen LogP contribution in [0.5, 0.6) is 0 Å². The molecule has 1 aromatic carbocycles. The zero-order valence-corrected chi connectivity index (χ0v) is 23.4. The summed E-state index contributed by atoms with van der Waals surface area (Å²) in [6.07, 6.45) is 15.5. The Balaban J connectivity index is 2.69. The number of nitrogens with one attached hydrogen (secondary N) is 2. The van der Waals surface area contributed by atoms with E-state index >= 15 is 0 Å². The van der Waals surface area contributed by atoms with Crippen LogP contribution in [0.4, 0.5) is 4.39 Å². The highest BCUT2D eigenvalue weighted by Gasteiger charge is 2.11. The molecule has 0 aromatic heterocycles. The van der Waals surface area contributed by atoms with Gasteiger partial charge >= 0.3 is 0 Å². The van der Waals surface area contributed by atoms with Gasteiger partial charge in [-0.3, -0.25) is 0 Å². The highest BCUT2D eigenvalue weighted by molar-refractivity contribution is 5.25. The van der Waals surface area contributed by atoms with Crippen molar-refractivity contribution in [2.45, 2.75) is 85.1 Å². The highest BCUT2D eigenvalue weighted by atomic mass is 19.1. The van der Waals surface area contributed by atoms with Gasteiger partial charge in [0.2, 0.25) is 0 Å². The largest absolute Gasteiger partial charge is 0.402 e. The van der Waals surface area contributed by atoms with E-state index in [1.807, 2.05) is 18.2 Å². The fourth-order valence-electron chi connectivity index (χ4n) is 4.13. The van der Waals surface area contributed by atoms with Gasteiger partial charge in [-0.2, -0.15) is 0 Å². The van der Waals surface area contributed by atoms with E-state index in [9.17, 15) is 4.39 Å². The van der Waals surface area contributed by atoms with Crippen molar-refractivity contribution in [2.75, 3.05) is 13.6 Å². The predicted molar refractivity (Wildman–Crippen MR) is 155 cm³/mol. The SMILES string of the molecule is C=CC(C)C/C(N)=C(/CCCCc1cc(F)cc(CCC(C)C)c1)CC(C)NC/C=C\C=C(\N)NC. The second-order valence-corrected chi connectivity index (χ2v) is 10.5. The molecule has 0 saturated heterocycles. The molecule has 36 heavy (non-hydrogen) atoms. The lowest BCUT2D eigenvalue weighted by Gasteiger charge is -2.19. The second-order valence-electron chi connectivity index (χ2n) is 10.5. The van der Waals surface area contributed by atoms with Gasteiger partial charge in [-0.15, -0.1) is 6.58 Å². The summed E-state index contributed by atoms with van der Waals surface area (Å²) in [5.74, 6) is 1.50. The van der Waals surface area contributed by atoms with Gasteiger partial charge < -0.3 is 22.1 Å². The third-order valence-corrected chi connectivity index (χ3v) is 6.46. The molecule has 0 saturated carbocycles. The molecule has 0 aliphatic rings. The molecule has 0 spiro atoms. The summed E-state index contributed by atoms with van der Waals surface area (Å²) in [7, 11) is 1.80. The van der Waals surface area contributed by atoms with Gasteiger partial charge in [-0.05, 0) is 105 Å². The van der Waals surface area contributed by atoms with Gasteiger partial charge in [0.05, 0.1) is 5.82 Å². The van der Waals surface area contributed by atoms with Crippen LogP contribution in [0.25, 0.3) is 0 Å². The van der Waals surface area contributed by atoms with Crippen LogP contribution in [-0.4, -0.2) is 19.6 Å². The smallest absolute Gasteiger partial charge is 0.123 e. The monoisotopic (exact) mass is 498 g/mol. The molecule has 0 bridgehead atoms. The molecular formula is C31H51FN4. The Kier molecular flexibility index (Phi) is 15.6. The summed E-state index contributed by atoms with van der Waals surface area (Å²) in [4.78, 5) is 0. The summed E-state index contributed by atoms with van der Waals surface area (Å²) < 4.78 is 14.1. The third kappa shape index (κ3) is 14.1. The number of benzene rings is 1. The summed E-state index contributed by atoms with van der Waals surface area (Å²) in [5, 5.41) is 6.44. The van der Waals surface area contributed by atoms with Crippen molar-refractivity contribution in [3.63, 3.8) is 0 Å². The predicted octanol–water partition coefficient (Wildman–Crippen LogP) is 6.50. The maximum atomic E-state index is 14.1. The van der Waals surface area contributed by atoms with Gasteiger partial charge in [0.1, 0.15) is 5.82 Å². The fourth-order valence-corrected chi connectivity index (χ4v) is 4.13. The van der Waals surface area contributed by atoms with Crippen molar-refractivity contribution in [2.24, 2.45) is 23.3 Å². The number of hydrogen-bond donors (Lipinski definition) is 4. The maximum Gasteiger partial charge on any atom is 0.123 e. The summed E-state index contributed by atoms with van der Waals surface area (Å²) in [5.41, 5.74) is 16.8. The highest BCUT2D eigenvalue weighted by Crippen LogP contribution is 2.22. The standard InChI is InChI=1S/C31H51FN4/c1-7-24(4)18-30(33)28(19-25(5)36-17-11-10-14-31(34)35-6)13-9-8-12-26-20-27(16-15-23(2)3)22-29(32)21-26/h7,10-11,14,20-25,35-36H,1,8-9,12-13,15-19,33-34H2,2-6H3/b11-10-,30-28+,31-14-. The zero-order valence-electron chi connectivity index (χ0n) is 23.4. The van der Waals surface area contributed by atoms with Crippen LogP contribution in [0.1, 0.15) is 77.3 Å². The lowest BCUT2D eigenvalue weighted by molar-refractivity contribution is 0.553. The van der Waals surface area contributed by atoms with Gasteiger partial charge in [0.25, 0.3) is 0 Å². The summed E-state index contributed by atoms with van der Waals surface area (Å²) in [6, 6.07) is 5.86. The van der Waals surface area contributed by atoms with E-state index in [0.717, 1.165) is 74.7 Å². The van der Waals surface area contributed by atoms with E-state index in [1.54, 1.807) is 19.2 Å². The molecule has 2 atom stereocenters. The molecule has 0 aliphatic heterocycles. The van der Waals surface area contributed by atoms with Crippen molar-refractivity contribution in [3.8, 4) is 0 Å². The van der Waals surface area contributed by atoms with Gasteiger partial charge in [-0.1, -0.05) is 45.1 Å². The Labute approximate surface area is 220 Å². The van der Waals surface area contributed by atoms with Crippen LogP contribution in [0, 0.1) is 17.7 Å². The lowest BCUT2D eigenvalue weighted by atomic mass is 9.93. The molecule has 4 nitrogen and oxygen atoms in total. The van der Waals surface area contributed by atoms with Crippen molar-refractivity contribution >= 4 is 0 Å². The minimum absolute atomic E-state index is 0.118. The molecule has 5 heteroatoms. The summed E-state index contributed by atoms with van der Waals surface area (Å²) >= 11 is 0. The molecule has 2 unspecified atom stereocenters. The van der Waals surface area contributed by atoms with Crippen LogP contribution in [0.2, 0.25) is 0 Å². The van der Waals surface area contributed by atoms with E-state index in [2.05, 4.69) is 57.0 Å². The van der Waals surface area contributed by atoms with E-state index < -0.39 is 0 Å². The minimum Gasteiger partial charge on any atom is -0.402 e. The topological polar surface area (TPSA) is 76.1 Å². The second kappa shape index (κ2) is 17.8. The molecule has 0 radical (unpaired) electrons. The van der Waals surface area contributed by atoms with E-state index in [4.69, 9.17) is 11.5 Å². The van der Waals surface area contributed by atoms with Gasteiger partial charge in [0.15, 0.2) is 0 Å². The Bertz CT molecular complexity index is 869. The summed E-state index contributed by atoms with van der Waals surface area (Å²) in [6.45, 7) is 13.4. The molecule has 0 heterocycles. The Morgan fingerprint density at radius 2 is 1.72 bits per heavy atom. The van der Waals surface area contributed by atoms with Crippen LogP contribution in [0.15, 0.2) is 66.2 Å². The van der Waals surface area contributed by atoms with E-state index in [1.165, 1.54) is 5.57 Å². The first-order valence-corrected chi connectivity index (χ1v) is 13.5. The van der Waals surface area contributed by atoms with Crippen LogP contribution < -0.4 is 22.1 Å². The quantitative estimate of drug-likeness (QED) is 0.106. The molecule has 0 fully saturated rings. The maximum absolute atomic E-state index is 14.1. The minimum atomic E-state index is -0.118. The van der Waals surface area contributed by atoms with E-state index in [-0.39, 0.29) is 5.82 Å². The molecule has 0 amide bonds. The van der Waals surface area contributed by atoms with Crippen molar-refractivity contribution in [1.82, 2.24) is 10.6 Å². The van der Waals surface area contributed by atoms with Crippen LogP contribution in [0.3, 0.4) is 0 Å². The van der Waals surface area contributed by atoms with Crippen LogP contribution in [-0.2, 0) is 12.8 Å². The number of aryl methyl sites for hydroxylation is 2. The van der Waals surface area contributed by atoms with Crippen molar-refractivity contribution in [3.05, 3.63) is 83.1 Å². The molecule has 6 N–H and O–H groups in total. The van der Waals surface area contributed by atoms with Crippen LogP contribution >= 0.6 is 0 Å². The molecule has 1 aromatic rings. The Morgan fingerprint density at radius 3 is 2.36 bits per heavy atom. The number of nitrogens with two attached hydrogens (primary N) is 2. The first-order valence-electron chi connectivity index (χ1n) is 13.5. The lowest BCUT2D eigenvalue weighted by Crippen LogP contribution is -2.27. The number of unbranched alkanes of at least 4 members (excludes halogenated alkanes) is 1. The fraction of sp³-hybridized carbons (Fsp3) is 0.548. The number of allylic oxidation sites excluding steroid dienone is 4. The average Bonchev–Trinajstić information content (AvgIpc) is 2.83. The first-order chi connectivity index (χ1) is 17.1. The Hall–Kier alpha value is -2.53. The molecular weight excluding hydrogens is 447 g/mol. The van der Waals surface area contributed by atoms with E-state index in [0.29, 0.717) is 23.7 Å². The van der Waals surface area contributed by atoms with Crippen molar-refractivity contribution in [1.29, 1.82) is 0 Å². The first kappa shape index (κ1) is 31.5. The molecule has 1 rings (SSSR count). The zero-order chi connectivity index (χ0) is 26.9. The third-order valence-electron chi connectivity index (χ3n) is 6.46. The molecule has 202 valence electrons. The van der Waals surface area contributed by atoms with Gasteiger partial charge in [-0.25, -0.2) is 4.39 Å². The Morgan fingerprint density at radius 1 is 1.03 bits per heavy atom. The van der Waals surface area contributed by atoms with Gasteiger partial charge in [0, 0.05) is 25.3 Å².